The minimum Gasteiger partial charge on any atom is -0.382 e. The van der Waals surface area contributed by atoms with Crippen LogP contribution in [0.4, 0.5) is 5.69 Å². The number of amides is 1. The number of carbonyl (C=O) groups is 1. The highest BCUT2D eigenvalue weighted by atomic mass is 16.5. The van der Waals surface area contributed by atoms with Crippen LogP contribution >= 0.6 is 0 Å². The number of hydrogen-bond donors (Lipinski definition) is 1. The molecule has 1 N–H and O–H groups in total. The molecule has 1 amide bonds. The molecular weight excluding hydrogens is 242 g/mol. The minimum atomic E-state index is -0.146. The van der Waals surface area contributed by atoms with Gasteiger partial charge in [-0.3, -0.25) is 4.79 Å². The lowest BCUT2D eigenvalue weighted by Gasteiger charge is -2.10. The van der Waals surface area contributed by atoms with Crippen molar-refractivity contribution in [3.05, 3.63) is 29.8 Å². The number of nitrogens with one attached hydrogen (secondary N) is 1. The molecule has 4 nitrogen and oxygen atoms in total. The zero-order valence-corrected chi connectivity index (χ0v) is 11.9. The van der Waals surface area contributed by atoms with Gasteiger partial charge in [-0.1, -0.05) is 26.0 Å². The molecule has 0 aliphatic carbocycles. The van der Waals surface area contributed by atoms with Crippen LogP contribution in [0.25, 0.3) is 0 Å². The first-order valence-corrected chi connectivity index (χ1v) is 6.63. The van der Waals surface area contributed by atoms with E-state index in [0.717, 1.165) is 12.1 Å². The summed E-state index contributed by atoms with van der Waals surface area (Å²) in [5, 5.41) is 2.80. The van der Waals surface area contributed by atoms with E-state index in [1.54, 1.807) is 7.11 Å². The number of rotatable bonds is 8. The highest BCUT2D eigenvalue weighted by molar-refractivity contribution is 5.91. The molecule has 0 saturated heterocycles. The summed E-state index contributed by atoms with van der Waals surface area (Å²) >= 11 is 0. The van der Waals surface area contributed by atoms with E-state index in [0.29, 0.717) is 19.1 Å². The van der Waals surface area contributed by atoms with Crippen molar-refractivity contribution < 1.29 is 14.3 Å². The quantitative estimate of drug-likeness (QED) is 0.735. The van der Waals surface area contributed by atoms with E-state index in [2.05, 4.69) is 31.3 Å². The first-order valence-electron chi connectivity index (χ1n) is 6.63. The Hall–Kier alpha value is -1.39. The zero-order valence-electron chi connectivity index (χ0n) is 11.9. The Balaban J connectivity index is 2.38. The summed E-state index contributed by atoms with van der Waals surface area (Å²) in [5.74, 6) is 0.398. The summed E-state index contributed by atoms with van der Waals surface area (Å²) in [5.41, 5.74) is 2.09. The summed E-state index contributed by atoms with van der Waals surface area (Å²) in [7, 11) is 1.60. The number of methoxy groups -OCH3 is 1. The molecule has 1 atom stereocenters. The topological polar surface area (TPSA) is 47.6 Å². The minimum absolute atomic E-state index is 0.0521. The molecule has 106 valence electrons. The second-order valence-corrected chi connectivity index (χ2v) is 4.52. The van der Waals surface area contributed by atoms with Crippen molar-refractivity contribution in [3.63, 3.8) is 0 Å². The van der Waals surface area contributed by atoms with Crippen LogP contribution in [0.5, 0.6) is 0 Å². The van der Waals surface area contributed by atoms with Gasteiger partial charge in [0.2, 0.25) is 5.91 Å². The van der Waals surface area contributed by atoms with Crippen molar-refractivity contribution in [2.45, 2.75) is 26.2 Å². The lowest BCUT2D eigenvalue weighted by Crippen LogP contribution is -2.19. The van der Waals surface area contributed by atoms with Crippen molar-refractivity contribution >= 4 is 11.6 Å². The average molecular weight is 265 g/mol. The predicted octanol–water partition coefficient (Wildman–Crippen LogP) is 2.80. The molecule has 0 bridgehead atoms. The third-order valence-electron chi connectivity index (χ3n) is 3.04. The van der Waals surface area contributed by atoms with Gasteiger partial charge in [-0.25, -0.2) is 0 Å². The fourth-order valence-electron chi connectivity index (χ4n) is 1.63. The van der Waals surface area contributed by atoms with Gasteiger partial charge >= 0.3 is 0 Å². The van der Waals surface area contributed by atoms with Crippen molar-refractivity contribution in [2.75, 3.05) is 32.2 Å². The normalized spacial score (nSPS) is 12.2. The number of hydrogen-bond acceptors (Lipinski definition) is 3. The molecule has 0 saturated carbocycles. The van der Waals surface area contributed by atoms with E-state index < -0.39 is 0 Å². The van der Waals surface area contributed by atoms with Crippen molar-refractivity contribution in [3.8, 4) is 0 Å². The maximum absolute atomic E-state index is 11.6. The Labute approximate surface area is 115 Å². The molecule has 19 heavy (non-hydrogen) atoms. The second kappa shape index (κ2) is 8.67. The molecule has 0 aromatic heterocycles. The summed E-state index contributed by atoms with van der Waals surface area (Å²) in [4.78, 5) is 11.6. The molecular formula is C15H23NO3. The monoisotopic (exact) mass is 265 g/mol. The van der Waals surface area contributed by atoms with Crippen LogP contribution in [-0.4, -0.2) is 32.8 Å². The van der Waals surface area contributed by atoms with Gasteiger partial charge in [-0.15, -0.1) is 0 Å². The van der Waals surface area contributed by atoms with Gasteiger partial charge in [0, 0.05) is 12.8 Å². The van der Waals surface area contributed by atoms with Gasteiger partial charge in [0.15, 0.2) is 0 Å². The average Bonchev–Trinajstić information content (AvgIpc) is 2.43. The Bertz CT molecular complexity index is 375. The molecule has 1 unspecified atom stereocenters. The number of benzene rings is 1. The summed E-state index contributed by atoms with van der Waals surface area (Å²) in [6, 6.07) is 7.95. The van der Waals surface area contributed by atoms with Crippen LogP contribution in [0.15, 0.2) is 24.3 Å². The van der Waals surface area contributed by atoms with Crippen LogP contribution in [0, 0.1) is 0 Å². The molecule has 0 fully saturated rings. The van der Waals surface area contributed by atoms with Gasteiger partial charge in [-0.2, -0.15) is 0 Å². The molecule has 1 rings (SSSR count). The maximum Gasteiger partial charge on any atom is 0.250 e. The lowest BCUT2D eigenvalue weighted by atomic mass is 9.99. The van der Waals surface area contributed by atoms with E-state index in [-0.39, 0.29) is 12.5 Å². The van der Waals surface area contributed by atoms with E-state index in [1.165, 1.54) is 5.56 Å². The first kappa shape index (κ1) is 15.7. The first-order chi connectivity index (χ1) is 9.17. The summed E-state index contributed by atoms with van der Waals surface area (Å²) < 4.78 is 9.98. The lowest BCUT2D eigenvalue weighted by molar-refractivity contribution is -0.121. The van der Waals surface area contributed by atoms with Crippen molar-refractivity contribution in [1.82, 2.24) is 0 Å². The standard InChI is InChI=1S/C15H23NO3/c1-4-12(2)13-5-7-14(8-6-13)16-15(17)11-19-10-9-18-3/h5-8,12H,4,9-11H2,1-3H3,(H,16,17). The summed E-state index contributed by atoms with van der Waals surface area (Å²) in [6.07, 6.45) is 1.11. The Kier molecular flexibility index (Phi) is 7.15. The zero-order chi connectivity index (χ0) is 14.1. The third-order valence-corrected chi connectivity index (χ3v) is 3.04. The van der Waals surface area contributed by atoms with Crippen LogP contribution in [0.2, 0.25) is 0 Å². The Morgan fingerprint density at radius 3 is 2.53 bits per heavy atom. The highest BCUT2D eigenvalue weighted by Crippen LogP contribution is 2.20. The second-order valence-electron chi connectivity index (χ2n) is 4.52. The largest absolute Gasteiger partial charge is 0.382 e. The predicted molar refractivity (Wildman–Crippen MR) is 76.5 cm³/mol. The SMILES string of the molecule is CCC(C)c1ccc(NC(=O)COCCOC)cc1. The van der Waals surface area contributed by atoms with Crippen LogP contribution < -0.4 is 5.32 Å². The van der Waals surface area contributed by atoms with Gasteiger partial charge < -0.3 is 14.8 Å². The maximum atomic E-state index is 11.6. The highest BCUT2D eigenvalue weighted by Gasteiger charge is 2.05. The number of carbonyl (C=O) groups excluding carboxylic acids is 1. The Morgan fingerprint density at radius 1 is 1.26 bits per heavy atom. The smallest absolute Gasteiger partial charge is 0.250 e. The fraction of sp³-hybridized carbons (Fsp3) is 0.533. The third kappa shape index (κ3) is 5.85. The van der Waals surface area contributed by atoms with Crippen molar-refractivity contribution in [1.29, 1.82) is 0 Å². The number of anilines is 1. The van der Waals surface area contributed by atoms with Crippen molar-refractivity contribution in [2.24, 2.45) is 0 Å². The fourth-order valence-corrected chi connectivity index (χ4v) is 1.63. The molecule has 0 spiro atoms. The van der Waals surface area contributed by atoms with Gasteiger partial charge in [0.1, 0.15) is 6.61 Å². The van der Waals surface area contributed by atoms with Crippen LogP contribution in [0.3, 0.4) is 0 Å². The molecule has 1 aromatic rings. The van der Waals surface area contributed by atoms with Crippen LogP contribution in [0.1, 0.15) is 31.7 Å². The molecule has 0 radical (unpaired) electrons. The molecule has 0 heterocycles. The molecule has 0 aliphatic heterocycles. The van der Waals surface area contributed by atoms with E-state index >= 15 is 0 Å². The summed E-state index contributed by atoms with van der Waals surface area (Å²) in [6.45, 7) is 5.33. The molecule has 0 aliphatic rings. The van der Waals surface area contributed by atoms with Gasteiger partial charge in [0.05, 0.1) is 13.2 Å². The molecule has 1 aromatic carbocycles. The van der Waals surface area contributed by atoms with Gasteiger partial charge in [-0.05, 0) is 30.0 Å². The van der Waals surface area contributed by atoms with E-state index in [4.69, 9.17) is 9.47 Å². The number of ether oxygens (including phenoxy) is 2. The van der Waals surface area contributed by atoms with E-state index in [9.17, 15) is 4.79 Å². The van der Waals surface area contributed by atoms with Crippen LogP contribution in [-0.2, 0) is 14.3 Å². The molecule has 4 heteroatoms. The van der Waals surface area contributed by atoms with Gasteiger partial charge in [0.25, 0.3) is 0 Å². The van der Waals surface area contributed by atoms with E-state index in [1.807, 2.05) is 12.1 Å². The Morgan fingerprint density at radius 2 is 1.95 bits per heavy atom.